The van der Waals surface area contributed by atoms with Crippen molar-refractivity contribution in [2.75, 3.05) is 19.6 Å². The van der Waals surface area contributed by atoms with E-state index in [1.54, 1.807) is 6.92 Å². The van der Waals surface area contributed by atoms with Crippen molar-refractivity contribution in [3.05, 3.63) is 57.8 Å². The third kappa shape index (κ3) is 5.90. The van der Waals surface area contributed by atoms with E-state index in [0.717, 1.165) is 19.6 Å². The minimum atomic E-state index is -2.78. The quantitative estimate of drug-likeness (QED) is 0.671. The first kappa shape index (κ1) is 21.5. The lowest BCUT2D eigenvalue weighted by Gasteiger charge is -2.16. The molecule has 158 valence electrons. The van der Waals surface area contributed by atoms with Gasteiger partial charge in [0.25, 0.3) is 11.5 Å². The van der Waals surface area contributed by atoms with Gasteiger partial charge >= 0.3 is 0 Å². The fourth-order valence-corrected chi connectivity index (χ4v) is 3.87. The number of likely N-dealkylation sites (tertiary alicyclic amines) is 1. The molecule has 0 aliphatic carbocycles. The number of hydrogen-bond donors (Lipinski definition) is 2. The number of nitrogens with zero attached hydrogens (tertiary/aromatic N) is 3. The summed E-state index contributed by atoms with van der Waals surface area (Å²) in [6.07, 6.45) is 0.227. The van der Waals surface area contributed by atoms with E-state index in [2.05, 4.69) is 44.5 Å². The molecule has 1 fully saturated rings. The summed E-state index contributed by atoms with van der Waals surface area (Å²) in [7, 11) is 0. The van der Waals surface area contributed by atoms with Gasteiger partial charge in [-0.15, -0.1) is 10.2 Å². The van der Waals surface area contributed by atoms with E-state index in [0.29, 0.717) is 18.2 Å². The summed E-state index contributed by atoms with van der Waals surface area (Å²) in [6.45, 7) is 5.92. The number of benzene rings is 1. The summed E-state index contributed by atoms with van der Waals surface area (Å²) >= 11 is 0. The molecule has 0 amide bonds. The highest BCUT2D eigenvalue weighted by molar-refractivity contribution is 5.15. The predicted octanol–water partition coefficient (Wildman–Crippen LogP) is 2.93. The second kappa shape index (κ2) is 9.54. The van der Waals surface area contributed by atoms with Gasteiger partial charge in [0.05, 0.1) is 6.54 Å². The van der Waals surface area contributed by atoms with Gasteiger partial charge in [0.2, 0.25) is 0 Å². The van der Waals surface area contributed by atoms with Crippen molar-refractivity contribution in [1.82, 2.24) is 25.4 Å². The van der Waals surface area contributed by atoms with Gasteiger partial charge in [0.15, 0.2) is 0 Å². The van der Waals surface area contributed by atoms with Crippen molar-refractivity contribution in [3.8, 4) is 0 Å². The van der Waals surface area contributed by atoms with Crippen LogP contribution in [0.5, 0.6) is 0 Å². The Morgan fingerprint density at radius 3 is 2.69 bits per heavy atom. The standard InChI is InChI=1S/C21H29F2N5O/c1-3-9-21(22,23)14-24-10-18-20(29)25-19(27-26-18)17-13-28(11-15(17)2)12-16-7-5-4-6-8-16/h4-8,15,17,24H,3,9-14H2,1-2H3,(H,25,27,29). The minimum absolute atomic E-state index is 0.0255. The summed E-state index contributed by atoms with van der Waals surface area (Å²) in [5.41, 5.74) is 1.02. The fourth-order valence-electron chi connectivity index (χ4n) is 3.87. The second-order valence-corrected chi connectivity index (χ2v) is 7.96. The van der Waals surface area contributed by atoms with Crippen molar-refractivity contribution in [3.63, 3.8) is 0 Å². The number of aromatic amines is 1. The van der Waals surface area contributed by atoms with Crippen LogP contribution in [0.25, 0.3) is 0 Å². The van der Waals surface area contributed by atoms with Crippen LogP contribution in [0.1, 0.15) is 49.7 Å². The van der Waals surface area contributed by atoms with Gasteiger partial charge in [0.1, 0.15) is 11.5 Å². The number of alkyl halides is 2. The number of rotatable bonds is 9. The van der Waals surface area contributed by atoms with E-state index in [-0.39, 0.29) is 30.1 Å². The Hall–Kier alpha value is -2.19. The van der Waals surface area contributed by atoms with Gasteiger partial charge in [-0.1, -0.05) is 50.6 Å². The van der Waals surface area contributed by atoms with Crippen molar-refractivity contribution >= 4 is 0 Å². The molecule has 3 rings (SSSR count). The lowest BCUT2D eigenvalue weighted by atomic mass is 9.97. The second-order valence-electron chi connectivity index (χ2n) is 7.96. The zero-order valence-electron chi connectivity index (χ0n) is 17.0. The molecule has 1 aromatic carbocycles. The first-order chi connectivity index (χ1) is 13.9. The molecular formula is C21H29F2N5O. The molecule has 1 aromatic heterocycles. The largest absolute Gasteiger partial charge is 0.307 e. The Labute approximate surface area is 169 Å². The van der Waals surface area contributed by atoms with Crippen LogP contribution in [0.4, 0.5) is 8.78 Å². The summed E-state index contributed by atoms with van der Waals surface area (Å²) in [5, 5.41) is 10.8. The fraction of sp³-hybridized carbons (Fsp3) is 0.571. The lowest BCUT2D eigenvalue weighted by molar-refractivity contribution is -0.00739. The Balaban J connectivity index is 1.59. The van der Waals surface area contributed by atoms with Crippen molar-refractivity contribution in [2.24, 2.45) is 5.92 Å². The van der Waals surface area contributed by atoms with Crippen LogP contribution in [0.15, 0.2) is 35.1 Å². The van der Waals surface area contributed by atoms with Crippen molar-refractivity contribution in [2.45, 2.75) is 51.6 Å². The van der Waals surface area contributed by atoms with Gasteiger partial charge in [-0.05, 0) is 11.5 Å². The van der Waals surface area contributed by atoms with Crippen LogP contribution >= 0.6 is 0 Å². The molecule has 2 N–H and O–H groups in total. The summed E-state index contributed by atoms with van der Waals surface area (Å²) < 4.78 is 27.1. The minimum Gasteiger partial charge on any atom is -0.307 e. The molecule has 8 heteroatoms. The normalized spacial score (nSPS) is 20.3. The van der Waals surface area contributed by atoms with Crippen LogP contribution in [-0.4, -0.2) is 45.6 Å². The highest BCUT2D eigenvalue weighted by Crippen LogP contribution is 2.30. The number of nitrogens with one attached hydrogen (secondary N) is 2. The van der Waals surface area contributed by atoms with Gasteiger partial charge < -0.3 is 10.3 Å². The molecule has 0 spiro atoms. The smallest absolute Gasteiger partial charge is 0.274 e. The molecule has 1 aliphatic heterocycles. The molecule has 2 aromatic rings. The van der Waals surface area contributed by atoms with E-state index in [9.17, 15) is 13.6 Å². The molecule has 0 bridgehead atoms. The van der Waals surface area contributed by atoms with Crippen LogP contribution in [0.2, 0.25) is 0 Å². The Morgan fingerprint density at radius 2 is 2.00 bits per heavy atom. The maximum atomic E-state index is 13.5. The predicted molar refractivity (Wildman–Crippen MR) is 108 cm³/mol. The zero-order chi connectivity index (χ0) is 20.9. The summed E-state index contributed by atoms with van der Waals surface area (Å²) in [6, 6.07) is 10.3. The number of halogens is 2. The highest BCUT2D eigenvalue weighted by Gasteiger charge is 2.33. The highest BCUT2D eigenvalue weighted by atomic mass is 19.3. The van der Waals surface area contributed by atoms with Crippen molar-refractivity contribution < 1.29 is 8.78 Å². The zero-order valence-corrected chi connectivity index (χ0v) is 17.0. The topological polar surface area (TPSA) is 73.9 Å². The first-order valence-corrected chi connectivity index (χ1v) is 10.2. The van der Waals surface area contributed by atoms with Crippen LogP contribution in [-0.2, 0) is 13.1 Å². The average molecular weight is 405 g/mol. The third-order valence-corrected chi connectivity index (χ3v) is 5.36. The summed E-state index contributed by atoms with van der Waals surface area (Å²) in [5.74, 6) is -1.79. The van der Waals surface area contributed by atoms with E-state index >= 15 is 0 Å². The number of hydrogen-bond acceptors (Lipinski definition) is 5. The van der Waals surface area contributed by atoms with Gasteiger partial charge in [0, 0.05) is 38.5 Å². The van der Waals surface area contributed by atoms with E-state index in [1.165, 1.54) is 5.56 Å². The van der Waals surface area contributed by atoms with Gasteiger partial charge in [-0.25, -0.2) is 8.78 Å². The number of aromatic nitrogens is 3. The molecule has 2 heterocycles. The summed E-state index contributed by atoms with van der Waals surface area (Å²) in [4.78, 5) is 17.5. The third-order valence-electron chi connectivity index (χ3n) is 5.36. The van der Waals surface area contributed by atoms with E-state index in [1.807, 2.05) is 18.2 Å². The van der Waals surface area contributed by atoms with Gasteiger partial charge in [-0.3, -0.25) is 9.69 Å². The molecule has 6 nitrogen and oxygen atoms in total. The SMILES string of the molecule is CCCC(F)(F)CNCc1nnc(C2CN(Cc3ccccc3)CC2C)[nH]c1=O. The monoisotopic (exact) mass is 405 g/mol. The molecule has 0 radical (unpaired) electrons. The molecule has 1 saturated heterocycles. The molecule has 0 saturated carbocycles. The maximum absolute atomic E-state index is 13.5. The molecule has 1 aliphatic rings. The molecule has 2 unspecified atom stereocenters. The first-order valence-electron chi connectivity index (χ1n) is 10.2. The molecule has 2 atom stereocenters. The Morgan fingerprint density at radius 1 is 1.24 bits per heavy atom. The molecular weight excluding hydrogens is 376 g/mol. The average Bonchev–Trinajstić information content (AvgIpc) is 3.04. The number of H-pyrrole nitrogens is 1. The van der Waals surface area contributed by atoms with Gasteiger partial charge in [-0.2, -0.15) is 0 Å². The van der Waals surface area contributed by atoms with Crippen molar-refractivity contribution in [1.29, 1.82) is 0 Å². The van der Waals surface area contributed by atoms with E-state index < -0.39 is 12.5 Å². The van der Waals surface area contributed by atoms with Crippen LogP contribution in [0.3, 0.4) is 0 Å². The van der Waals surface area contributed by atoms with Crippen LogP contribution < -0.4 is 10.9 Å². The van der Waals surface area contributed by atoms with E-state index in [4.69, 9.17) is 0 Å². The maximum Gasteiger partial charge on any atom is 0.274 e. The lowest BCUT2D eigenvalue weighted by Crippen LogP contribution is -2.34. The Kier molecular flexibility index (Phi) is 7.08. The Bertz CT molecular complexity index is 842. The molecule has 29 heavy (non-hydrogen) atoms. The van der Waals surface area contributed by atoms with Crippen LogP contribution in [0, 0.1) is 5.92 Å².